The van der Waals surface area contributed by atoms with Crippen LogP contribution in [0.4, 0.5) is 0 Å². The van der Waals surface area contributed by atoms with Crippen LogP contribution in [0.15, 0.2) is 35.5 Å². The van der Waals surface area contributed by atoms with E-state index in [2.05, 4.69) is 5.32 Å². The second-order valence-corrected chi connectivity index (χ2v) is 3.37. The summed E-state index contributed by atoms with van der Waals surface area (Å²) >= 11 is 0. The SMILES string of the molecule is O=[S-]1=C2C=CNC=C2C=C1. The lowest BCUT2D eigenvalue weighted by Gasteiger charge is -2.09. The van der Waals surface area contributed by atoms with Crippen LogP contribution in [0.1, 0.15) is 0 Å². The third kappa shape index (κ3) is 0.708. The van der Waals surface area contributed by atoms with Crippen LogP contribution in [0.5, 0.6) is 0 Å². The van der Waals surface area contributed by atoms with Crippen molar-refractivity contribution in [1.29, 1.82) is 0 Å². The van der Waals surface area contributed by atoms with E-state index >= 15 is 0 Å². The predicted molar refractivity (Wildman–Crippen MR) is 42.6 cm³/mol. The van der Waals surface area contributed by atoms with Gasteiger partial charge in [0, 0.05) is 6.20 Å². The Hall–Kier alpha value is -0.960. The van der Waals surface area contributed by atoms with Crippen molar-refractivity contribution in [2.45, 2.75) is 0 Å². The van der Waals surface area contributed by atoms with E-state index in [4.69, 9.17) is 0 Å². The van der Waals surface area contributed by atoms with Gasteiger partial charge in [0.05, 0.1) is 0 Å². The summed E-state index contributed by atoms with van der Waals surface area (Å²) in [7, 11) is -0.898. The highest BCUT2D eigenvalue weighted by Gasteiger charge is 2.00. The Morgan fingerprint density at radius 1 is 1.40 bits per heavy atom. The molecular weight excluding hydrogens is 146 g/mol. The second kappa shape index (κ2) is 2.02. The summed E-state index contributed by atoms with van der Waals surface area (Å²) in [5, 5.41) is 4.62. The third-order valence-electron chi connectivity index (χ3n) is 1.44. The normalized spacial score (nSPS) is 22.4. The molecule has 0 bridgehead atoms. The van der Waals surface area contributed by atoms with Crippen molar-refractivity contribution in [2.75, 3.05) is 0 Å². The minimum absolute atomic E-state index is 0.898. The highest BCUT2D eigenvalue weighted by Crippen LogP contribution is 2.11. The van der Waals surface area contributed by atoms with Crippen LogP contribution in [0.25, 0.3) is 0 Å². The number of fused-ring (bicyclic) bond motifs is 1. The molecule has 0 aromatic heterocycles. The van der Waals surface area contributed by atoms with Gasteiger partial charge in [0.1, 0.15) is 0 Å². The summed E-state index contributed by atoms with van der Waals surface area (Å²) in [6.45, 7) is 0. The fourth-order valence-corrected chi connectivity index (χ4v) is 1.93. The lowest BCUT2D eigenvalue weighted by Crippen LogP contribution is -2.07. The average molecular weight is 152 g/mol. The maximum absolute atomic E-state index is 11.1. The van der Waals surface area contributed by atoms with Crippen LogP contribution in [0.2, 0.25) is 0 Å². The maximum atomic E-state index is 11.1. The molecule has 0 atom stereocenters. The smallest absolute Gasteiger partial charge is 0.00615 e. The lowest BCUT2D eigenvalue weighted by atomic mass is 10.2. The molecule has 2 aliphatic rings. The third-order valence-corrected chi connectivity index (χ3v) is 2.63. The molecule has 0 saturated heterocycles. The number of nitrogens with one attached hydrogen (secondary N) is 1. The molecule has 0 amide bonds. The zero-order chi connectivity index (χ0) is 6.97. The molecule has 0 saturated carbocycles. The standard InChI is InChI=1S/C7H6NOS/c9-10-4-2-6-5-8-3-1-7(6)10/h1-5,8H/q-1. The lowest BCUT2D eigenvalue weighted by molar-refractivity contribution is 0.607. The van der Waals surface area contributed by atoms with Crippen LogP contribution in [0.3, 0.4) is 0 Å². The zero-order valence-corrected chi connectivity index (χ0v) is 6.02. The van der Waals surface area contributed by atoms with Gasteiger partial charge in [-0.1, -0.05) is 12.2 Å². The molecule has 2 aliphatic heterocycles. The summed E-state index contributed by atoms with van der Waals surface area (Å²) in [5.41, 5.74) is 1.03. The Morgan fingerprint density at radius 3 is 3.10 bits per heavy atom. The van der Waals surface area contributed by atoms with Crippen molar-refractivity contribution in [1.82, 2.24) is 5.32 Å². The fourth-order valence-electron chi connectivity index (χ4n) is 0.951. The Labute approximate surface area is 61.0 Å². The Morgan fingerprint density at radius 2 is 2.30 bits per heavy atom. The van der Waals surface area contributed by atoms with Crippen molar-refractivity contribution in [3.05, 3.63) is 35.5 Å². The predicted octanol–water partition coefficient (Wildman–Crippen LogP) is 0.651. The van der Waals surface area contributed by atoms with Gasteiger partial charge in [-0.15, -0.1) is 4.86 Å². The number of allylic oxidation sites excluding steroid dienone is 3. The molecule has 2 rings (SSSR count). The van der Waals surface area contributed by atoms with Gasteiger partial charge in [-0.05, 0) is 11.8 Å². The highest BCUT2D eigenvalue weighted by atomic mass is 32.2. The molecule has 3 heteroatoms. The van der Waals surface area contributed by atoms with Crippen molar-refractivity contribution >= 4 is 15.3 Å². The minimum Gasteiger partial charge on any atom is -0.457 e. The monoisotopic (exact) mass is 152 g/mol. The first-order chi connectivity index (χ1) is 4.88. The Balaban J connectivity index is 2.63. The molecule has 1 N–H and O–H groups in total. The minimum atomic E-state index is -0.898. The molecule has 0 aromatic rings. The van der Waals surface area contributed by atoms with Crippen molar-refractivity contribution in [3.63, 3.8) is 0 Å². The quantitative estimate of drug-likeness (QED) is 0.408. The summed E-state index contributed by atoms with van der Waals surface area (Å²) in [4.78, 5) is 0.902. The number of dihydropyridines is 1. The molecule has 0 spiro atoms. The molecule has 0 aliphatic carbocycles. The van der Waals surface area contributed by atoms with Gasteiger partial charge in [-0.3, -0.25) is 0 Å². The van der Waals surface area contributed by atoms with Crippen LogP contribution in [-0.4, -0.2) is 4.86 Å². The number of rotatable bonds is 0. The van der Waals surface area contributed by atoms with Gasteiger partial charge in [-0.25, -0.2) is 10.4 Å². The van der Waals surface area contributed by atoms with Gasteiger partial charge in [0.2, 0.25) is 0 Å². The molecule has 0 fully saturated rings. The Kier molecular flexibility index (Phi) is 1.17. The fraction of sp³-hybridized carbons (Fsp3) is 0. The van der Waals surface area contributed by atoms with E-state index in [1.807, 2.05) is 18.4 Å². The van der Waals surface area contributed by atoms with Gasteiger partial charge in [0.15, 0.2) is 0 Å². The van der Waals surface area contributed by atoms with Gasteiger partial charge >= 0.3 is 0 Å². The van der Waals surface area contributed by atoms with E-state index < -0.39 is 10.4 Å². The first-order valence-electron chi connectivity index (χ1n) is 2.97. The second-order valence-electron chi connectivity index (χ2n) is 2.06. The van der Waals surface area contributed by atoms with Gasteiger partial charge < -0.3 is 9.53 Å². The summed E-state index contributed by atoms with van der Waals surface area (Å²) in [6.07, 6.45) is 7.33. The maximum Gasteiger partial charge on any atom is 0.00615 e. The van der Waals surface area contributed by atoms with Crippen molar-refractivity contribution in [2.24, 2.45) is 0 Å². The summed E-state index contributed by atoms with van der Waals surface area (Å²) in [6, 6.07) is 0. The van der Waals surface area contributed by atoms with Crippen LogP contribution < -0.4 is 5.32 Å². The molecule has 0 unspecified atom stereocenters. The molecule has 10 heavy (non-hydrogen) atoms. The molecule has 2 heterocycles. The van der Waals surface area contributed by atoms with E-state index in [0.717, 1.165) is 10.4 Å². The van der Waals surface area contributed by atoms with Gasteiger partial charge in [0.25, 0.3) is 0 Å². The first-order valence-corrected chi connectivity index (χ1v) is 4.18. The Bertz CT molecular complexity index is 330. The first kappa shape index (κ1) is 5.80. The highest BCUT2D eigenvalue weighted by molar-refractivity contribution is 7.89. The van der Waals surface area contributed by atoms with Gasteiger partial charge in [-0.2, -0.15) is 5.41 Å². The molecule has 0 radical (unpaired) electrons. The average Bonchev–Trinajstić information content (AvgIpc) is 2.34. The van der Waals surface area contributed by atoms with E-state index in [-0.39, 0.29) is 0 Å². The zero-order valence-electron chi connectivity index (χ0n) is 5.20. The van der Waals surface area contributed by atoms with E-state index in [1.54, 1.807) is 11.6 Å². The van der Waals surface area contributed by atoms with E-state index in [9.17, 15) is 4.21 Å². The van der Waals surface area contributed by atoms with Crippen molar-refractivity contribution < 1.29 is 4.21 Å². The summed E-state index contributed by atoms with van der Waals surface area (Å²) < 4.78 is 11.1. The molecule has 0 aromatic carbocycles. The molecule has 52 valence electrons. The largest absolute Gasteiger partial charge is 0.457 e. The van der Waals surface area contributed by atoms with Crippen LogP contribution in [-0.2, 0) is 14.6 Å². The topological polar surface area (TPSA) is 29.1 Å². The van der Waals surface area contributed by atoms with E-state index in [0.29, 0.717) is 0 Å². The number of hydrogen-bond acceptors (Lipinski definition) is 3. The molecular formula is C7H6NOS-. The van der Waals surface area contributed by atoms with Crippen LogP contribution in [0, 0.1) is 0 Å². The van der Waals surface area contributed by atoms with Crippen molar-refractivity contribution in [3.8, 4) is 0 Å². The van der Waals surface area contributed by atoms with E-state index in [1.165, 1.54) is 0 Å². The number of hydrogen-bond donors (Lipinski definition) is 1. The molecule has 2 nitrogen and oxygen atoms in total. The van der Waals surface area contributed by atoms with Crippen LogP contribution >= 0.6 is 0 Å². The summed E-state index contributed by atoms with van der Waals surface area (Å²) in [5.74, 6) is 0.